The predicted molar refractivity (Wildman–Crippen MR) is 190 cm³/mol. The van der Waals surface area contributed by atoms with E-state index < -0.39 is 0 Å². The first-order valence-corrected chi connectivity index (χ1v) is 15.8. The van der Waals surface area contributed by atoms with Crippen LogP contribution >= 0.6 is 0 Å². The molecule has 0 aliphatic heterocycles. The van der Waals surface area contributed by atoms with Gasteiger partial charge in [-0.05, 0) is 46.5 Å². The van der Waals surface area contributed by atoms with Crippen LogP contribution in [0.25, 0.3) is 72.3 Å². The second-order valence-corrected chi connectivity index (χ2v) is 12.6. The van der Waals surface area contributed by atoms with Gasteiger partial charge in [-0.25, -0.2) is 9.97 Å². The van der Waals surface area contributed by atoms with Gasteiger partial charge in [0.25, 0.3) is 0 Å². The fraction of sp³-hybridized carbons (Fsp3) is 0.0698. The number of benzene rings is 6. The predicted octanol–water partition coefficient (Wildman–Crippen LogP) is 10.9. The Morgan fingerprint density at radius 1 is 0.478 bits per heavy atom. The molecular weight excluding hydrogens is 558 g/mol. The molecule has 2 aromatic heterocycles. The van der Waals surface area contributed by atoms with Crippen LogP contribution in [0.3, 0.4) is 0 Å². The summed E-state index contributed by atoms with van der Waals surface area (Å²) < 4.78 is 2.45. The Bertz CT molecular complexity index is 2380. The smallest absolute Gasteiger partial charge is 0.116 e. The molecule has 0 saturated carbocycles. The van der Waals surface area contributed by atoms with Gasteiger partial charge in [-0.1, -0.05) is 135 Å². The third-order valence-electron chi connectivity index (χ3n) is 9.73. The highest BCUT2D eigenvalue weighted by Crippen LogP contribution is 2.51. The van der Waals surface area contributed by atoms with Crippen molar-refractivity contribution in [3.05, 3.63) is 163 Å². The fourth-order valence-electron chi connectivity index (χ4n) is 7.57. The molecule has 218 valence electrons. The summed E-state index contributed by atoms with van der Waals surface area (Å²) in [5, 5.41) is 2.50. The number of aromatic nitrogens is 3. The van der Waals surface area contributed by atoms with E-state index in [9.17, 15) is 0 Å². The Morgan fingerprint density at radius 2 is 1.07 bits per heavy atom. The summed E-state index contributed by atoms with van der Waals surface area (Å²) in [6.45, 7) is 4.70. The lowest BCUT2D eigenvalue weighted by Gasteiger charge is -2.22. The zero-order valence-electron chi connectivity index (χ0n) is 25.8. The van der Waals surface area contributed by atoms with E-state index in [0.717, 1.165) is 39.3 Å². The number of fused-ring (bicyclic) bond motifs is 6. The molecule has 3 heteroatoms. The van der Waals surface area contributed by atoms with E-state index in [-0.39, 0.29) is 5.41 Å². The zero-order chi connectivity index (χ0) is 30.8. The van der Waals surface area contributed by atoms with Crippen molar-refractivity contribution in [2.75, 3.05) is 0 Å². The number of rotatable bonds is 4. The van der Waals surface area contributed by atoms with Crippen molar-refractivity contribution in [3.63, 3.8) is 0 Å². The molecule has 8 aromatic rings. The fourth-order valence-corrected chi connectivity index (χ4v) is 7.57. The first-order chi connectivity index (χ1) is 22.6. The van der Waals surface area contributed by atoms with E-state index in [4.69, 9.17) is 9.97 Å². The highest BCUT2D eigenvalue weighted by molar-refractivity contribution is 6.12. The van der Waals surface area contributed by atoms with E-state index >= 15 is 0 Å². The molecule has 9 rings (SSSR count). The maximum atomic E-state index is 4.93. The van der Waals surface area contributed by atoms with Gasteiger partial charge >= 0.3 is 0 Å². The van der Waals surface area contributed by atoms with Crippen molar-refractivity contribution in [1.82, 2.24) is 14.5 Å². The molecule has 0 fully saturated rings. The van der Waals surface area contributed by atoms with Crippen LogP contribution in [0.4, 0.5) is 0 Å². The topological polar surface area (TPSA) is 30.7 Å². The lowest BCUT2D eigenvalue weighted by molar-refractivity contribution is 0.661. The summed E-state index contributed by atoms with van der Waals surface area (Å²) in [5.74, 6) is 0. The average Bonchev–Trinajstić information content (AvgIpc) is 3.56. The highest BCUT2D eigenvalue weighted by Gasteiger charge is 2.36. The molecule has 1 aliphatic rings. The normalized spacial score (nSPS) is 13.2. The van der Waals surface area contributed by atoms with Gasteiger partial charge in [-0.3, -0.25) is 0 Å². The van der Waals surface area contributed by atoms with Crippen LogP contribution < -0.4 is 0 Å². The molecule has 0 bridgehead atoms. The number of hydrogen-bond acceptors (Lipinski definition) is 2. The van der Waals surface area contributed by atoms with Crippen molar-refractivity contribution >= 4 is 21.8 Å². The standard InChI is InChI=1S/C43H31N3/c1-43(2)35-22-12-9-19-30(35)33-25-34-31-20-10-13-23-37(31)46(39(34)26-36(33)43)38-24-14-11-21-32(38)40-41(28-15-5-3-6-16-28)44-27-45-42(40)29-17-7-4-8-18-29/h3-27H,1-2H3. The Kier molecular flexibility index (Phi) is 5.85. The molecule has 0 radical (unpaired) electrons. The van der Waals surface area contributed by atoms with Crippen molar-refractivity contribution in [2.24, 2.45) is 0 Å². The van der Waals surface area contributed by atoms with Gasteiger partial charge < -0.3 is 4.57 Å². The van der Waals surface area contributed by atoms with Gasteiger partial charge in [0.15, 0.2) is 0 Å². The molecule has 1 aliphatic carbocycles. The van der Waals surface area contributed by atoms with Crippen LogP contribution in [0.5, 0.6) is 0 Å². The first-order valence-electron chi connectivity index (χ1n) is 15.8. The number of nitrogens with zero attached hydrogens (tertiary/aromatic N) is 3. The summed E-state index contributed by atoms with van der Waals surface area (Å²) in [4.78, 5) is 9.85. The maximum Gasteiger partial charge on any atom is 0.116 e. The third kappa shape index (κ3) is 3.85. The Labute approximate surface area is 268 Å². The van der Waals surface area contributed by atoms with Crippen LogP contribution in [0.1, 0.15) is 25.0 Å². The van der Waals surface area contributed by atoms with Crippen molar-refractivity contribution in [3.8, 4) is 50.5 Å². The summed E-state index contributed by atoms with van der Waals surface area (Å²) >= 11 is 0. The Balaban J connectivity index is 1.39. The largest absolute Gasteiger partial charge is 0.309 e. The van der Waals surface area contributed by atoms with Crippen molar-refractivity contribution in [1.29, 1.82) is 0 Å². The summed E-state index contributed by atoms with van der Waals surface area (Å²) in [6, 6.07) is 52.2. The average molecular weight is 590 g/mol. The van der Waals surface area contributed by atoms with E-state index in [1.54, 1.807) is 6.33 Å². The van der Waals surface area contributed by atoms with E-state index in [0.29, 0.717) is 0 Å². The van der Waals surface area contributed by atoms with Crippen LogP contribution in [-0.4, -0.2) is 14.5 Å². The van der Waals surface area contributed by atoms with Crippen LogP contribution in [0, 0.1) is 0 Å². The van der Waals surface area contributed by atoms with Gasteiger partial charge in [0.05, 0.1) is 28.1 Å². The quantitative estimate of drug-likeness (QED) is 0.204. The van der Waals surface area contributed by atoms with Crippen LogP contribution in [-0.2, 0) is 5.41 Å². The highest BCUT2D eigenvalue weighted by atomic mass is 15.0. The monoisotopic (exact) mass is 589 g/mol. The second-order valence-electron chi connectivity index (χ2n) is 12.6. The molecule has 0 atom stereocenters. The third-order valence-corrected chi connectivity index (χ3v) is 9.73. The molecule has 2 heterocycles. The minimum absolute atomic E-state index is 0.102. The molecule has 0 N–H and O–H groups in total. The molecule has 0 saturated heterocycles. The first kappa shape index (κ1) is 26.6. The summed E-state index contributed by atoms with van der Waals surface area (Å²) in [5.41, 5.74) is 14.9. The van der Waals surface area contributed by atoms with Gasteiger partial charge in [0.2, 0.25) is 0 Å². The molecule has 46 heavy (non-hydrogen) atoms. The molecule has 0 unspecified atom stereocenters. The van der Waals surface area contributed by atoms with Crippen LogP contribution in [0.15, 0.2) is 152 Å². The van der Waals surface area contributed by atoms with Gasteiger partial charge in [0, 0.05) is 38.4 Å². The molecule has 3 nitrogen and oxygen atoms in total. The Morgan fingerprint density at radius 3 is 1.78 bits per heavy atom. The van der Waals surface area contributed by atoms with Crippen molar-refractivity contribution in [2.45, 2.75) is 19.3 Å². The van der Waals surface area contributed by atoms with E-state index in [1.807, 2.05) is 12.1 Å². The van der Waals surface area contributed by atoms with E-state index in [2.05, 4.69) is 152 Å². The van der Waals surface area contributed by atoms with Gasteiger partial charge in [-0.15, -0.1) is 0 Å². The van der Waals surface area contributed by atoms with Crippen molar-refractivity contribution < 1.29 is 0 Å². The molecule has 0 spiro atoms. The maximum absolute atomic E-state index is 4.93. The molecule has 0 amide bonds. The molecule has 6 aromatic carbocycles. The summed E-state index contributed by atoms with van der Waals surface area (Å²) in [6.07, 6.45) is 1.69. The van der Waals surface area contributed by atoms with Gasteiger partial charge in [-0.2, -0.15) is 0 Å². The minimum Gasteiger partial charge on any atom is -0.309 e. The Hall–Kier alpha value is -5.80. The van der Waals surface area contributed by atoms with E-state index in [1.165, 1.54) is 44.1 Å². The molecular formula is C43H31N3. The minimum atomic E-state index is -0.102. The number of para-hydroxylation sites is 2. The lowest BCUT2D eigenvalue weighted by atomic mass is 9.82. The SMILES string of the molecule is CC1(C)c2ccccc2-c2cc3c4ccccc4n(-c4ccccc4-c4c(-c5ccccc5)ncnc4-c4ccccc4)c3cc21. The zero-order valence-corrected chi connectivity index (χ0v) is 25.8. The summed E-state index contributed by atoms with van der Waals surface area (Å²) in [7, 11) is 0. The van der Waals surface area contributed by atoms with Crippen LogP contribution in [0.2, 0.25) is 0 Å². The second kappa shape index (κ2) is 10.1. The lowest BCUT2D eigenvalue weighted by Crippen LogP contribution is -2.15. The van der Waals surface area contributed by atoms with Gasteiger partial charge in [0.1, 0.15) is 6.33 Å². The number of hydrogen-bond donors (Lipinski definition) is 0.